The summed E-state index contributed by atoms with van der Waals surface area (Å²) in [5.74, 6) is -0.258. The Hall–Kier alpha value is -3.38. The first-order valence-corrected chi connectivity index (χ1v) is 9.79. The van der Waals surface area contributed by atoms with E-state index < -0.39 is 17.3 Å². The maximum Gasteiger partial charge on any atom is 0.413 e. The van der Waals surface area contributed by atoms with E-state index in [4.69, 9.17) is 5.26 Å². The molecule has 0 spiro atoms. The Kier molecular flexibility index (Phi) is 4.94. The van der Waals surface area contributed by atoms with Crippen molar-refractivity contribution in [2.75, 3.05) is 11.4 Å². The number of carbonyl (C=O) groups is 1. The van der Waals surface area contributed by atoms with Crippen molar-refractivity contribution in [1.82, 2.24) is 15.2 Å². The molecule has 146 valence electrons. The standard InChI is InChI=1S/C20H16FN5O2S/c21-14-3-1-10-23-18(14)20(8-2-9-20)12-26(19(27)28)17-7-5-15(24-25-17)16-6-4-13(11-22)29-16/h1,3-7,10H,2,8-9,12H2,(H,27,28). The molecule has 0 aliphatic heterocycles. The largest absolute Gasteiger partial charge is 0.465 e. The van der Waals surface area contributed by atoms with Crippen LogP contribution in [0.3, 0.4) is 0 Å². The number of pyridine rings is 1. The highest BCUT2D eigenvalue weighted by atomic mass is 32.1. The number of thiophene rings is 1. The summed E-state index contributed by atoms with van der Waals surface area (Å²) in [6.07, 6.45) is 2.53. The predicted octanol–water partition coefficient (Wildman–Crippen LogP) is 4.22. The molecule has 0 saturated heterocycles. The molecule has 0 bridgehead atoms. The molecule has 3 aromatic rings. The van der Waals surface area contributed by atoms with Gasteiger partial charge in [0, 0.05) is 18.2 Å². The highest BCUT2D eigenvalue weighted by Gasteiger charge is 2.44. The second kappa shape index (κ2) is 7.56. The summed E-state index contributed by atoms with van der Waals surface area (Å²) in [6, 6.07) is 11.6. The van der Waals surface area contributed by atoms with Crippen molar-refractivity contribution >= 4 is 23.2 Å². The fourth-order valence-electron chi connectivity index (χ4n) is 3.53. The number of aromatic nitrogens is 3. The molecule has 3 heterocycles. The van der Waals surface area contributed by atoms with Gasteiger partial charge in [0.15, 0.2) is 5.82 Å². The third-order valence-corrected chi connectivity index (χ3v) is 6.17. The van der Waals surface area contributed by atoms with Crippen LogP contribution in [0.5, 0.6) is 0 Å². The maximum atomic E-state index is 14.4. The van der Waals surface area contributed by atoms with Crippen molar-refractivity contribution in [3.05, 3.63) is 59.0 Å². The molecule has 0 radical (unpaired) electrons. The normalized spacial score (nSPS) is 14.6. The number of carboxylic acid groups (broad SMARTS) is 1. The lowest BCUT2D eigenvalue weighted by Crippen LogP contribution is -2.49. The molecule has 1 aliphatic carbocycles. The van der Waals surface area contributed by atoms with Gasteiger partial charge < -0.3 is 5.11 Å². The number of halogens is 1. The van der Waals surface area contributed by atoms with Gasteiger partial charge in [0.05, 0.1) is 10.6 Å². The zero-order chi connectivity index (χ0) is 20.4. The Balaban J connectivity index is 1.62. The molecule has 1 amide bonds. The zero-order valence-corrected chi connectivity index (χ0v) is 16.1. The van der Waals surface area contributed by atoms with E-state index in [0.717, 1.165) is 16.2 Å². The van der Waals surface area contributed by atoms with Crippen molar-refractivity contribution in [3.8, 4) is 16.6 Å². The van der Waals surface area contributed by atoms with Crippen LogP contribution in [-0.4, -0.2) is 32.9 Å². The molecule has 1 fully saturated rings. The quantitative estimate of drug-likeness (QED) is 0.677. The number of anilines is 1. The molecule has 0 aromatic carbocycles. The van der Waals surface area contributed by atoms with Gasteiger partial charge in [-0.05, 0) is 49.2 Å². The van der Waals surface area contributed by atoms with Gasteiger partial charge in [-0.15, -0.1) is 21.5 Å². The monoisotopic (exact) mass is 409 g/mol. The lowest BCUT2D eigenvalue weighted by atomic mass is 9.66. The van der Waals surface area contributed by atoms with E-state index in [2.05, 4.69) is 21.3 Å². The molecule has 4 rings (SSSR count). The van der Waals surface area contributed by atoms with Gasteiger partial charge >= 0.3 is 6.09 Å². The van der Waals surface area contributed by atoms with Crippen molar-refractivity contribution in [1.29, 1.82) is 5.26 Å². The van der Waals surface area contributed by atoms with Gasteiger partial charge in [-0.3, -0.25) is 9.88 Å². The van der Waals surface area contributed by atoms with E-state index in [-0.39, 0.29) is 12.4 Å². The Morgan fingerprint density at radius 2 is 2.10 bits per heavy atom. The first kappa shape index (κ1) is 19.0. The summed E-state index contributed by atoms with van der Waals surface area (Å²) in [5.41, 5.74) is 0.184. The fraction of sp³-hybridized carbons (Fsp3) is 0.250. The second-order valence-electron chi connectivity index (χ2n) is 6.89. The topological polar surface area (TPSA) is 103 Å². The molecular weight excluding hydrogens is 393 g/mol. The smallest absolute Gasteiger partial charge is 0.413 e. The van der Waals surface area contributed by atoms with Crippen LogP contribution in [-0.2, 0) is 5.41 Å². The van der Waals surface area contributed by atoms with Crippen molar-refractivity contribution in [2.24, 2.45) is 0 Å². The van der Waals surface area contributed by atoms with Crippen molar-refractivity contribution in [2.45, 2.75) is 24.7 Å². The van der Waals surface area contributed by atoms with E-state index >= 15 is 0 Å². The minimum absolute atomic E-state index is 0.0574. The van der Waals surface area contributed by atoms with Gasteiger partial charge in [-0.2, -0.15) is 5.26 Å². The Bertz CT molecular complexity index is 1090. The minimum Gasteiger partial charge on any atom is -0.465 e. The van der Waals surface area contributed by atoms with Crippen molar-refractivity contribution < 1.29 is 14.3 Å². The second-order valence-corrected chi connectivity index (χ2v) is 7.97. The fourth-order valence-corrected chi connectivity index (χ4v) is 4.30. The lowest BCUT2D eigenvalue weighted by Gasteiger charge is -2.43. The highest BCUT2D eigenvalue weighted by Crippen LogP contribution is 2.44. The van der Waals surface area contributed by atoms with Gasteiger partial charge in [0.1, 0.15) is 22.5 Å². The number of hydrogen-bond acceptors (Lipinski definition) is 6. The molecule has 1 aliphatic rings. The average Bonchev–Trinajstić information content (AvgIpc) is 3.18. The van der Waals surface area contributed by atoms with Gasteiger partial charge in [0.25, 0.3) is 0 Å². The molecular formula is C20H16FN5O2S. The Morgan fingerprint density at radius 1 is 1.28 bits per heavy atom. The van der Waals surface area contributed by atoms with Gasteiger partial charge in [0.2, 0.25) is 0 Å². The lowest BCUT2D eigenvalue weighted by molar-refractivity contribution is 0.188. The van der Waals surface area contributed by atoms with E-state index in [9.17, 15) is 14.3 Å². The van der Waals surface area contributed by atoms with E-state index in [0.29, 0.717) is 29.1 Å². The van der Waals surface area contributed by atoms with Crippen LogP contribution in [0, 0.1) is 17.1 Å². The minimum atomic E-state index is -1.18. The molecule has 9 heteroatoms. The Labute approximate surface area is 170 Å². The SMILES string of the molecule is N#Cc1ccc(-c2ccc(N(CC3(c4ncccc4F)CCC3)C(=O)O)nn2)s1. The zero-order valence-electron chi connectivity index (χ0n) is 15.2. The molecule has 7 nitrogen and oxygen atoms in total. The molecule has 29 heavy (non-hydrogen) atoms. The highest BCUT2D eigenvalue weighted by molar-refractivity contribution is 7.15. The number of nitrogens with zero attached hydrogens (tertiary/aromatic N) is 5. The summed E-state index contributed by atoms with van der Waals surface area (Å²) in [5, 5.41) is 26.9. The number of rotatable bonds is 5. The number of amides is 1. The van der Waals surface area contributed by atoms with Crippen LogP contribution in [0.25, 0.3) is 10.6 Å². The van der Waals surface area contributed by atoms with Crippen LogP contribution in [0.4, 0.5) is 15.0 Å². The maximum absolute atomic E-state index is 14.4. The summed E-state index contributed by atoms with van der Waals surface area (Å²) < 4.78 is 14.4. The molecule has 0 atom stereocenters. The molecule has 0 unspecified atom stereocenters. The molecule has 3 aromatic heterocycles. The number of nitriles is 1. The summed E-state index contributed by atoms with van der Waals surface area (Å²) in [6.45, 7) is 0.0574. The van der Waals surface area contributed by atoms with E-state index in [1.54, 1.807) is 24.3 Å². The van der Waals surface area contributed by atoms with Crippen LogP contribution in [0.2, 0.25) is 0 Å². The summed E-state index contributed by atoms with van der Waals surface area (Å²) >= 11 is 1.28. The molecule has 1 saturated carbocycles. The van der Waals surface area contributed by atoms with Crippen LogP contribution < -0.4 is 4.90 Å². The third-order valence-electron chi connectivity index (χ3n) is 5.16. The summed E-state index contributed by atoms with van der Waals surface area (Å²) in [4.78, 5) is 18.6. The summed E-state index contributed by atoms with van der Waals surface area (Å²) in [7, 11) is 0. The third kappa shape index (κ3) is 3.54. The van der Waals surface area contributed by atoms with E-state index in [1.807, 2.05) is 0 Å². The average molecular weight is 409 g/mol. The number of hydrogen-bond donors (Lipinski definition) is 1. The first-order valence-electron chi connectivity index (χ1n) is 8.98. The first-order chi connectivity index (χ1) is 14.0. The predicted molar refractivity (Wildman–Crippen MR) is 105 cm³/mol. The molecule has 1 N–H and O–H groups in total. The Morgan fingerprint density at radius 3 is 2.66 bits per heavy atom. The van der Waals surface area contributed by atoms with Crippen LogP contribution in [0.15, 0.2) is 42.6 Å². The van der Waals surface area contributed by atoms with E-state index in [1.165, 1.54) is 29.7 Å². The van der Waals surface area contributed by atoms with Gasteiger partial charge in [-0.25, -0.2) is 9.18 Å². The van der Waals surface area contributed by atoms with Crippen molar-refractivity contribution in [3.63, 3.8) is 0 Å². The van der Waals surface area contributed by atoms with Crippen LogP contribution in [0.1, 0.15) is 29.8 Å². The van der Waals surface area contributed by atoms with Gasteiger partial charge in [-0.1, -0.05) is 6.42 Å². The van der Waals surface area contributed by atoms with Crippen LogP contribution >= 0.6 is 11.3 Å².